The minimum Gasteiger partial charge on any atom is -0.481 e. The molecule has 0 aliphatic carbocycles. The van der Waals surface area contributed by atoms with Gasteiger partial charge in [0.05, 0.1) is 7.11 Å². The van der Waals surface area contributed by atoms with Crippen molar-refractivity contribution in [1.29, 1.82) is 0 Å². The molecular formula is C26H31N5O3. The van der Waals surface area contributed by atoms with E-state index in [0.29, 0.717) is 31.2 Å². The fraction of sp³-hybridized carbons (Fsp3) is 0.423. The summed E-state index contributed by atoms with van der Waals surface area (Å²) in [5.41, 5.74) is 2.72. The van der Waals surface area contributed by atoms with Crippen LogP contribution in [0, 0.1) is 6.92 Å². The van der Waals surface area contributed by atoms with Gasteiger partial charge in [-0.3, -0.25) is 14.6 Å². The van der Waals surface area contributed by atoms with Gasteiger partial charge in [-0.15, -0.1) is 0 Å². The predicted molar refractivity (Wildman–Crippen MR) is 132 cm³/mol. The van der Waals surface area contributed by atoms with Crippen LogP contribution in [0.2, 0.25) is 0 Å². The summed E-state index contributed by atoms with van der Waals surface area (Å²) in [4.78, 5) is 43.2. The number of aryl methyl sites for hydroxylation is 1. The van der Waals surface area contributed by atoms with E-state index in [1.54, 1.807) is 28.0 Å². The molecule has 3 heterocycles. The summed E-state index contributed by atoms with van der Waals surface area (Å²) in [5, 5.41) is 0. The molecule has 0 radical (unpaired) electrons. The lowest BCUT2D eigenvalue weighted by Crippen LogP contribution is -2.60. The van der Waals surface area contributed by atoms with Crippen LogP contribution in [0.4, 0.5) is 0 Å². The highest BCUT2D eigenvalue weighted by atomic mass is 16.5. The van der Waals surface area contributed by atoms with Crippen LogP contribution in [0.25, 0.3) is 0 Å². The van der Waals surface area contributed by atoms with Crippen molar-refractivity contribution in [3.8, 4) is 5.88 Å². The molecule has 1 aromatic carbocycles. The van der Waals surface area contributed by atoms with E-state index in [9.17, 15) is 9.59 Å². The molecule has 1 fully saturated rings. The number of aliphatic imine (C=N–C) groups is 2. The summed E-state index contributed by atoms with van der Waals surface area (Å²) in [6.07, 6.45) is 2.66. The Bertz CT molecular complexity index is 1120. The highest BCUT2D eigenvalue weighted by Crippen LogP contribution is 2.23. The van der Waals surface area contributed by atoms with E-state index in [1.165, 1.54) is 18.2 Å². The van der Waals surface area contributed by atoms with Gasteiger partial charge in [0.2, 0.25) is 11.7 Å². The van der Waals surface area contributed by atoms with Crippen molar-refractivity contribution in [3.63, 3.8) is 0 Å². The fourth-order valence-corrected chi connectivity index (χ4v) is 4.67. The van der Waals surface area contributed by atoms with Gasteiger partial charge in [0.15, 0.2) is 0 Å². The number of amides is 2. The maximum atomic E-state index is 13.3. The summed E-state index contributed by atoms with van der Waals surface area (Å²) >= 11 is 0. The SMILES string of the molecule is COc1cccc(C(=O)N2[C@H](C)CN(C(=O)C3=NCCC(c4cccc(C)c4)C=N3)C[C@@H]2C)n1. The second-order valence-corrected chi connectivity index (χ2v) is 8.98. The van der Waals surface area contributed by atoms with E-state index in [-0.39, 0.29) is 35.7 Å². The van der Waals surface area contributed by atoms with Crippen molar-refractivity contribution in [2.45, 2.75) is 45.2 Å². The van der Waals surface area contributed by atoms with Crippen LogP contribution >= 0.6 is 0 Å². The molecule has 8 heteroatoms. The number of hydrogen-bond acceptors (Lipinski definition) is 6. The molecular weight excluding hydrogens is 430 g/mol. The molecule has 3 atom stereocenters. The van der Waals surface area contributed by atoms with E-state index in [0.717, 1.165) is 6.42 Å². The second-order valence-electron chi connectivity index (χ2n) is 8.98. The van der Waals surface area contributed by atoms with E-state index < -0.39 is 0 Å². The number of piperazine rings is 1. The lowest BCUT2D eigenvalue weighted by Gasteiger charge is -2.44. The number of hydrogen-bond donors (Lipinski definition) is 0. The Morgan fingerprint density at radius 3 is 2.47 bits per heavy atom. The average molecular weight is 462 g/mol. The highest BCUT2D eigenvalue weighted by molar-refractivity contribution is 6.39. The van der Waals surface area contributed by atoms with E-state index in [1.807, 2.05) is 26.1 Å². The lowest BCUT2D eigenvalue weighted by atomic mass is 9.96. The van der Waals surface area contributed by atoms with E-state index in [4.69, 9.17) is 4.74 Å². The molecule has 1 unspecified atom stereocenters. The largest absolute Gasteiger partial charge is 0.481 e. The second kappa shape index (κ2) is 10.2. The molecule has 2 aliphatic heterocycles. The summed E-state index contributed by atoms with van der Waals surface area (Å²) < 4.78 is 5.15. The third-order valence-electron chi connectivity index (χ3n) is 6.33. The number of benzene rings is 1. The van der Waals surface area contributed by atoms with Gasteiger partial charge in [0.25, 0.3) is 11.8 Å². The molecule has 0 saturated carbocycles. The van der Waals surface area contributed by atoms with E-state index >= 15 is 0 Å². The molecule has 0 spiro atoms. The van der Waals surface area contributed by atoms with Gasteiger partial charge in [-0.25, -0.2) is 9.98 Å². The first kappa shape index (κ1) is 23.6. The van der Waals surface area contributed by atoms with Crippen LogP contribution < -0.4 is 4.74 Å². The molecule has 1 saturated heterocycles. The Morgan fingerprint density at radius 2 is 1.76 bits per heavy atom. The lowest BCUT2D eigenvalue weighted by molar-refractivity contribution is -0.127. The van der Waals surface area contributed by atoms with Crippen LogP contribution in [-0.2, 0) is 4.79 Å². The minimum absolute atomic E-state index is 0.136. The van der Waals surface area contributed by atoms with Gasteiger partial charge in [0, 0.05) is 49.9 Å². The van der Waals surface area contributed by atoms with Crippen LogP contribution in [0.5, 0.6) is 5.88 Å². The number of pyridine rings is 1. The van der Waals surface area contributed by atoms with Crippen molar-refractivity contribution in [2.24, 2.45) is 9.98 Å². The smallest absolute Gasteiger partial charge is 0.291 e. The Labute approximate surface area is 200 Å². The topological polar surface area (TPSA) is 87.5 Å². The molecule has 2 aromatic rings. The first-order chi connectivity index (χ1) is 16.4. The van der Waals surface area contributed by atoms with Gasteiger partial charge in [-0.2, -0.15) is 0 Å². The molecule has 2 amide bonds. The maximum absolute atomic E-state index is 13.3. The predicted octanol–water partition coefficient (Wildman–Crippen LogP) is 3.12. The van der Waals surface area contributed by atoms with Gasteiger partial charge in [0.1, 0.15) is 5.69 Å². The zero-order valence-electron chi connectivity index (χ0n) is 20.1. The third-order valence-corrected chi connectivity index (χ3v) is 6.33. The number of aromatic nitrogens is 1. The number of carbonyl (C=O) groups is 2. The standard InChI is InChI=1S/C26H31N5O3/c1-17-7-5-8-20(13-17)21-11-12-27-24(28-14-21)26(33)30-15-18(2)31(19(3)16-30)25(32)22-9-6-10-23(29-22)34-4/h5-10,13-14,18-19,21H,11-12,15-16H2,1-4H3/t18-,19+,21?. The van der Waals surface area contributed by atoms with Gasteiger partial charge in [-0.1, -0.05) is 35.9 Å². The van der Waals surface area contributed by atoms with Crippen molar-refractivity contribution in [1.82, 2.24) is 14.8 Å². The fourth-order valence-electron chi connectivity index (χ4n) is 4.67. The molecule has 34 heavy (non-hydrogen) atoms. The van der Waals surface area contributed by atoms with Gasteiger partial charge in [-0.05, 0) is 38.8 Å². The number of nitrogens with zero attached hydrogens (tertiary/aromatic N) is 5. The normalized spacial score (nSPS) is 22.7. The van der Waals surface area contributed by atoms with Crippen LogP contribution in [-0.4, -0.2) is 77.5 Å². The molecule has 178 valence electrons. The number of amidine groups is 1. The van der Waals surface area contributed by atoms with E-state index in [2.05, 4.69) is 40.1 Å². The summed E-state index contributed by atoms with van der Waals surface area (Å²) in [6, 6.07) is 13.1. The van der Waals surface area contributed by atoms with Crippen LogP contribution in [0.3, 0.4) is 0 Å². The zero-order valence-corrected chi connectivity index (χ0v) is 20.1. The molecule has 1 aromatic heterocycles. The number of rotatable bonds is 4. The molecule has 0 N–H and O–H groups in total. The molecule has 8 nitrogen and oxygen atoms in total. The van der Waals surface area contributed by atoms with Gasteiger partial charge >= 0.3 is 0 Å². The summed E-state index contributed by atoms with van der Waals surface area (Å²) in [7, 11) is 1.52. The Morgan fingerprint density at radius 1 is 1.03 bits per heavy atom. The highest BCUT2D eigenvalue weighted by Gasteiger charge is 2.37. The summed E-state index contributed by atoms with van der Waals surface area (Å²) in [5.74, 6) is 0.414. The van der Waals surface area contributed by atoms with Crippen LogP contribution in [0.15, 0.2) is 52.4 Å². The molecule has 2 aliphatic rings. The van der Waals surface area contributed by atoms with Gasteiger partial charge < -0.3 is 14.5 Å². The van der Waals surface area contributed by atoms with Crippen molar-refractivity contribution in [3.05, 3.63) is 59.3 Å². The Hall–Kier alpha value is -3.55. The van der Waals surface area contributed by atoms with Crippen molar-refractivity contribution in [2.75, 3.05) is 26.7 Å². The number of methoxy groups -OCH3 is 1. The first-order valence-electron chi connectivity index (χ1n) is 11.7. The minimum atomic E-state index is -0.188. The zero-order chi connectivity index (χ0) is 24.2. The first-order valence-corrected chi connectivity index (χ1v) is 11.7. The van der Waals surface area contributed by atoms with Crippen molar-refractivity contribution >= 4 is 23.9 Å². The average Bonchev–Trinajstić information content (AvgIpc) is 3.09. The Balaban J connectivity index is 1.44. The summed E-state index contributed by atoms with van der Waals surface area (Å²) in [6.45, 7) is 7.33. The van der Waals surface area contributed by atoms with Crippen LogP contribution in [0.1, 0.15) is 47.8 Å². The molecule has 4 rings (SSSR count). The Kier molecular flexibility index (Phi) is 7.05. The number of carbonyl (C=O) groups excluding carboxylic acids is 2. The third kappa shape index (κ3) is 5.00. The van der Waals surface area contributed by atoms with Crippen molar-refractivity contribution < 1.29 is 14.3 Å². The molecule has 0 bridgehead atoms. The number of ether oxygens (including phenoxy) is 1. The quantitative estimate of drug-likeness (QED) is 0.700. The monoisotopic (exact) mass is 461 g/mol. The maximum Gasteiger partial charge on any atom is 0.291 e.